The number of carbonyl (C=O) groups is 1. The van der Waals surface area contributed by atoms with Crippen LogP contribution in [-0.4, -0.2) is 71.7 Å². The highest BCUT2D eigenvalue weighted by molar-refractivity contribution is 5.95. The number of ether oxygens (including phenoxy) is 1. The molecular formula is C15H21F2N3O3. The molecule has 1 amide bonds. The highest BCUT2D eigenvalue weighted by Gasteiger charge is 2.50. The maximum Gasteiger partial charge on any atom is 0.262 e. The Balaban J connectivity index is 1.59. The summed E-state index contributed by atoms with van der Waals surface area (Å²) in [5.74, 6) is -2.84. The zero-order chi connectivity index (χ0) is 16.6. The molecule has 0 bridgehead atoms. The minimum atomic E-state index is -2.68. The first-order valence-corrected chi connectivity index (χ1v) is 7.83. The molecule has 0 spiro atoms. The van der Waals surface area contributed by atoms with Crippen molar-refractivity contribution in [3.05, 3.63) is 17.5 Å². The number of hydrogen-bond donors (Lipinski definition) is 0. The monoisotopic (exact) mass is 329 g/mol. The van der Waals surface area contributed by atoms with Crippen molar-refractivity contribution in [2.45, 2.75) is 38.3 Å². The molecule has 1 aromatic heterocycles. The van der Waals surface area contributed by atoms with Gasteiger partial charge in [-0.15, -0.1) is 0 Å². The molecular weight excluding hydrogens is 308 g/mol. The second kappa shape index (κ2) is 6.16. The van der Waals surface area contributed by atoms with E-state index in [4.69, 9.17) is 9.26 Å². The van der Waals surface area contributed by atoms with Crippen molar-refractivity contribution in [3.63, 3.8) is 0 Å². The lowest BCUT2D eigenvalue weighted by atomic mass is 10.0. The van der Waals surface area contributed by atoms with Gasteiger partial charge in [0.2, 0.25) is 0 Å². The van der Waals surface area contributed by atoms with Gasteiger partial charge in [-0.3, -0.25) is 9.69 Å². The fourth-order valence-corrected chi connectivity index (χ4v) is 3.26. The SMILES string of the molecule is CCOC[C@@H]1CC(F)(F)CN1C1CN(C(=O)c2conc2C)C1. The van der Waals surface area contributed by atoms with Crippen molar-refractivity contribution in [3.8, 4) is 0 Å². The van der Waals surface area contributed by atoms with Crippen LogP contribution in [0.15, 0.2) is 10.8 Å². The molecule has 0 radical (unpaired) electrons. The van der Waals surface area contributed by atoms with E-state index in [-0.39, 0.29) is 31.0 Å². The maximum atomic E-state index is 13.7. The molecule has 2 aliphatic heterocycles. The van der Waals surface area contributed by atoms with Crippen molar-refractivity contribution < 1.29 is 22.8 Å². The summed E-state index contributed by atoms with van der Waals surface area (Å²) in [6, 6.07) is -0.331. The lowest BCUT2D eigenvalue weighted by Crippen LogP contribution is -2.62. The molecule has 2 saturated heterocycles. The molecule has 2 fully saturated rings. The lowest BCUT2D eigenvalue weighted by molar-refractivity contribution is -0.0148. The third kappa shape index (κ3) is 3.23. The summed E-state index contributed by atoms with van der Waals surface area (Å²) in [5.41, 5.74) is 0.974. The quantitative estimate of drug-likeness (QED) is 0.820. The summed E-state index contributed by atoms with van der Waals surface area (Å²) in [7, 11) is 0. The van der Waals surface area contributed by atoms with E-state index in [1.807, 2.05) is 6.92 Å². The van der Waals surface area contributed by atoms with Crippen molar-refractivity contribution in [2.24, 2.45) is 0 Å². The van der Waals surface area contributed by atoms with Gasteiger partial charge in [0.15, 0.2) is 0 Å². The molecule has 1 atom stereocenters. The largest absolute Gasteiger partial charge is 0.380 e. The Morgan fingerprint density at radius 2 is 2.26 bits per heavy atom. The van der Waals surface area contributed by atoms with Crippen LogP contribution in [0.2, 0.25) is 0 Å². The van der Waals surface area contributed by atoms with Gasteiger partial charge in [0.1, 0.15) is 11.8 Å². The van der Waals surface area contributed by atoms with E-state index in [0.29, 0.717) is 37.6 Å². The van der Waals surface area contributed by atoms with Crippen LogP contribution < -0.4 is 0 Å². The Hall–Kier alpha value is -1.54. The molecule has 0 aromatic carbocycles. The highest BCUT2D eigenvalue weighted by Crippen LogP contribution is 2.35. The Bertz CT molecular complexity index is 572. The highest BCUT2D eigenvalue weighted by atomic mass is 19.3. The van der Waals surface area contributed by atoms with Gasteiger partial charge in [0, 0.05) is 38.2 Å². The number of aromatic nitrogens is 1. The number of carbonyl (C=O) groups excluding carboxylic acids is 1. The van der Waals surface area contributed by atoms with E-state index in [1.54, 1.807) is 16.7 Å². The number of alkyl halides is 2. The van der Waals surface area contributed by atoms with Gasteiger partial charge in [-0.25, -0.2) is 8.78 Å². The van der Waals surface area contributed by atoms with Crippen molar-refractivity contribution in [2.75, 3.05) is 32.8 Å². The first-order chi connectivity index (χ1) is 10.9. The van der Waals surface area contributed by atoms with E-state index >= 15 is 0 Å². The van der Waals surface area contributed by atoms with Crippen LogP contribution in [0.5, 0.6) is 0 Å². The predicted octanol–water partition coefficient (Wildman–Crippen LogP) is 1.55. The molecule has 0 saturated carbocycles. The third-order valence-corrected chi connectivity index (χ3v) is 4.53. The van der Waals surface area contributed by atoms with E-state index < -0.39 is 5.92 Å². The minimum Gasteiger partial charge on any atom is -0.380 e. The number of amides is 1. The van der Waals surface area contributed by atoms with E-state index in [0.717, 1.165) is 0 Å². The minimum absolute atomic E-state index is 0.0436. The van der Waals surface area contributed by atoms with Crippen LogP contribution in [0, 0.1) is 6.92 Å². The molecule has 0 aliphatic carbocycles. The summed E-state index contributed by atoms with van der Waals surface area (Å²) < 4.78 is 37.6. The predicted molar refractivity (Wildman–Crippen MR) is 77.5 cm³/mol. The number of nitrogens with zero attached hydrogens (tertiary/aromatic N) is 3. The molecule has 8 heteroatoms. The maximum absolute atomic E-state index is 13.7. The average molecular weight is 329 g/mol. The molecule has 128 valence electrons. The van der Waals surface area contributed by atoms with E-state index in [9.17, 15) is 13.6 Å². The second-order valence-corrected chi connectivity index (χ2v) is 6.22. The lowest BCUT2D eigenvalue weighted by Gasteiger charge is -2.45. The summed E-state index contributed by atoms with van der Waals surface area (Å²) in [6.07, 6.45) is 1.15. The van der Waals surface area contributed by atoms with Gasteiger partial charge in [-0.2, -0.15) is 0 Å². The van der Waals surface area contributed by atoms with Gasteiger partial charge in [-0.1, -0.05) is 5.16 Å². The molecule has 23 heavy (non-hydrogen) atoms. The molecule has 3 heterocycles. The van der Waals surface area contributed by atoms with Crippen LogP contribution in [0.4, 0.5) is 8.78 Å². The summed E-state index contributed by atoms with van der Waals surface area (Å²) >= 11 is 0. The molecule has 2 aliphatic rings. The molecule has 1 aromatic rings. The van der Waals surface area contributed by atoms with Crippen molar-refractivity contribution >= 4 is 5.91 Å². The molecule has 3 rings (SSSR count). The summed E-state index contributed by atoms with van der Waals surface area (Å²) in [6.45, 7) is 5.00. The van der Waals surface area contributed by atoms with E-state index in [1.165, 1.54) is 6.26 Å². The average Bonchev–Trinajstić information content (AvgIpc) is 2.98. The van der Waals surface area contributed by atoms with Crippen LogP contribution in [0.25, 0.3) is 0 Å². The second-order valence-electron chi connectivity index (χ2n) is 6.22. The fraction of sp³-hybridized carbons (Fsp3) is 0.733. The summed E-state index contributed by atoms with van der Waals surface area (Å²) in [5, 5.41) is 3.69. The molecule has 6 nitrogen and oxygen atoms in total. The van der Waals surface area contributed by atoms with Crippen LogP contribution in [0.1, 0.15) is 29.4 Å². The zero-order valence-corrected chi connectivity index (χ0v) is 13.3. The summed E-state index contributed by atoms with van der Waals surface area (Å²) in [4.78, 5) is 15.7. The number of halogens is 2. The molecule has 0 N–H and O–H groups in total. The standard InChI is InChI=1S/C15H21F2N3O3/c1-3-22-7-11-4-15(16,17)9-20(11)12-5-19(6-12)14(21)13-8-23-18-10(13)2/h8,11-12H,3-7,9H2,1-2H3/t11-/m0/s1. The van der Waals surface area contributed by atoms with E-state index in [2.05, 4.69) is 5.16 Å². The first kappa shape index (κ1) is 16.3. The topological polar surface area (TPSA) is 58.8 Å². The van der Waals surface area contributed by atoms with Gasteiger partial charge in [0.25, 0.3) is 11.8 Å². The number of hydrogen-bond acceptors (Lipinski definition) is 5. The van der Waals surface area contributed by atoms with Gasteiger partial charge >= 0.3 is 0 Å². The zero-order valence-electron chi connectivity index (χ0n) is 13.3. The number of rotatable bonds is 5. The Morgan fingerprint density at radius 3 is 2.87 bits per heavy atom. The Kier molecular flexibility index (Phi) is 4.37. The van der Waals surface area contributed by atoms with Crippen LogP contribution >= 0.6 is 0 Å². The normalized spacial score (nSPS) is 24.9. The van der Waals surface area contributed by atoms with Crippen LogP contribution in [0.3, 0.4) is 0 Å². The van der Waals surface area contributed by atoms with Crippen LogP contribution in [-0.2, 0) is 4.74 Å². The number of likely N-dealkylation sites (tertiary alicyclic amines) is 2. The van der Waals surface area contributed by atoms with Gasteiger partial charge < -0.3 is 14.2 Å². The Labute approximate surface area is 133 Å². The van der Waals surface area contributed by atoms with Gasteiger partial charge in [-0.05, 0) is 13.8 Å². The van der Waals surface area contributed by atoms with Gasteiger partial charge in [0.05, 0.1) is 18.8 Å². The Morgan fingerprint density at radius 1 is 1.52 bits per heavy atom. The fourth-order valence-electron chi connectivity index (χ4n) is 3.26. The smallest absolute Gasteiger partial charge is 0.262 e. The van der Waals surface area contributed by atoms with Crippen molar-refractivity contribution in [1.29, 1.82) is 0 Å². The first-order valence-electron chi connectivity index (χ1n) is 7.83. The van der Waals surface area contributed by atoms with Crippen molar-refractivity contribution in [1.82, 2.24) is 15.0 Å². The molecule has 0 unspecified atom stereocenters. The number of aryl methyl sites for hydroxylation is 1. The third-order valence-electron chi connectivity index (χ3n) is 4.53.